The number of rotatable bonds is 4. The molecule has 1 saturated carbocycles. The third-order valence-corrected chi connectivity index (χ3v) is 3.55. The van der Waals surface area contributed by atoms with Gasteiger partial charge in [-0.15, -0.1) is 0 Å². The Morgan fingerprint density at radius 1 is 1.14 bits per heavy atom. The largest absolute Gasteiger partial charge is 0.480 e. The second kappa shape index (κ2) is 6.15. The number of carboxylic acid groups (broad SMARTS) is 1. The number of benzene rings is 1. The lowest BCUT2D eigenvalue weighted by Crippen LogP contribution is -2.43. The number of amides is 1. The Morgan fingerprint density at radius 2 is 1.67 bits per heavy atom. The molecule has 0 heterocycles. The number of nitrogens with zero attached hydrogens (tertiary/aromatic N) is 1. The van der Waals surface area contributed by atoms with Crippen LogP contribution in [0.15, 0.2) is 12.1 Å². The van der Waals surface area contributed by atoms with Gasteiger partial charge in [-0.05, 0) is 12.8 Å². The minimum Gasteiger partial charge on any atom is -0.480 e. The molecule has 0 unspecified atom stereocenters. The maximum absolute atomic E-state index is 13.7. The number of halogens is 3. The van der Waals surface area contributed by atoms with Crippen LogP contribution in [0.2, 0.25) is 0 Å². The van der Waals surface area contributed by atoms with Crippen molar-refractivity contribution in [3.8, 4) is 0 Å². The van der Waals surface area contributed by atoms with Crippen LogP contribution in [0.4, 0.5) is 13.2 Å². The molecule has 0 radical (unpaired) electrons. The number of aliphatic carboxylic acids is 1. The van der Waals surface area contributed by atoms with Crippen LogP contribution in [0, 0.1) is 17.5 Å². The first-order valence-electron chi connectivity index (χ1n) is 6.57. The van der Waals surface area contributed by atoms with E-state index in [1.54, 1.807) is 0 Å². The van der Waals surface area contributed by atoms with Gasteiger partial charge in [0.15, 0.2) is 0 Å². The van der Waals surface area contributed by atoms with E-state index in [0.717, 1.165) is 17.7 Å². The molecule has 2 rings (SSSR count). The molecule has 1 N–H and O–H groups in total. The molecule has 7 heteroatoms. The zero-order valence-corrected chi connectivity index (χ0v) is 11.1. The van der Waals surface area contributed by atoms with E-state index < -0.39 is 41.4 Å². The zero-order valence-electron chi connectivity index (χ0n) is 11.1. The molecule has 1 fully saturated rings. The van der Waals surface area contributed by atoms with Crippen molar-refractivity contribution in [2.45, 2.75) is 31.7 Å². The third-order valence-electron chi connectivity index (χ3n) is 3.55. The summed E-state index contributed by atoms with van der Waals surface area (Å²) in [4.78, 5) is 24.1. The van der Waals surface area contributed by atoms with Gasteiger partial charge in [0, 0.05) is 18.2 Å². The van der Waals surface area contributed by atoms with Gasteiger partial charge >= 0.3 is 5.97 Å². The molecule has 0 aromatic heterocycles. The van der Waals surface area contributed by atoms with Crippen molar-refractivity contribution in [1.29, 1.82) is 0 Å². The molecule has 0 spiro atoms. The van der Waals surface area contributed by atoms with Gasteiger partial charge in [0.05, 0.1) is 0 Å². The highest BCUT2D eigenvalue weighted by Gasteiger charge is 2.32. The first-order valence-corrected chi connectivity index (χ1v) is 6.57. The molecule has 1 aromatic carbocycles. The van der Waals surface area contributed by atoms with Gasteiger partial charge in [-0.1, -0.05) is 12.8 Å². The maximum Gasteiger partial charge on any atom is 0.323 e. The molecule has 0 bridgehead atoms. The minimum atomic E-state index is -1.33. The first-order chi connectivity index (χ1) is 9.90. The van der Waals surface area contributed by atoms with Crippen molar-refractivity contribution in [2.75, 3.05) is 6.54 Å². The average Bonchev–Trinajstić information content (AvgIpc) is 2.87. The van der Waals surface area contributed by atoms with Crippen LogP contribution in [0.1, 0.15) is 36.0 Å². The molecule has 21 heavy (non-hydrogen) atoms. The number of carbonyl (C=O) groups excluding carboxylic acids is 1. The smallest absolute Gasteiger partial charge is 0.323 e. The summed E-state index contributed by atoms with van der Waals surface area (Å²) < 4.78 is 40.2. The summed E-state index contributed by atoms with van der Waals surface area (Å²) >= 11 is 0. The molecular formula is C14H14F3NO3. The molecule has 114 valence electrons. The van der Waals surface area contributed by atoms with Crippen molar-refractivity contribution in [2.24, 2.45) is 0 Å². The molecular weight excluding hydrogens is 287 g/mol. The minimum absolute atomic E-state index is 0.363. The topological polar surface area (TPSA) is 57.6 Å². The number of hydrogen-bond donors (Lipinski definition) is 1. The first kappa shape index (κ1) is 15.3. The predicted octanol–water partition coefficient (Wildman–Crippen LogP) is 2.57. The fraction of sp³-hybridized carbons (Fsp3) is 0.429. The lowest BCUT2D eigenvalue weighted by atomic mass is 10.1. The van der Waals surface area contributed by atoms with E-state index in [1.807, 2.05) is 0 Å². The van der Waals surface area contributed by atoms with E-state index in [4.69, 9.17) is 5.11 Å². The van der Waals surface area contributed by atoms with Crippen molar-refractivity contribution < 1.29 is 27.9 Å². The second-order valence-electron chi connectivity index (χ2n) is 5.01. The van der Waals surface area contributed by atoms with E-state index in [0.29, 0.717) is 25.0 Å². The summed E-state index contributed by atoms with van der Waals surface area (Å²) in [6.45, 7) is -0.639. The van der Waals surface area contributed by atoms with E-state index in [1.165, 1.54) is 0 Å². The van der Waals surface area contributed by atoms with Gasteiger partial charge in [-0.3, -0.25) is 9.59 Å². The van der Waals surface area contributed by atoms with Gasteiger partial charge in [-0.2, -0.15) is 0 Å². The van der Waals surface area contributed by atoms with E-state index in [-0.39, 0.29) is 6.04 Å². The molecule has 1 amide bonds. The lowest BCUT2D eigenvalue weighted by molar-refractivity contribution is -0.138. The molecule has 0 aliphatic heterocycles. The van der Waals surface area contributed by atoms with Crippen LogP contribution in [0.5, 0.6) is 0 Å². The van der Waals surface area contributed by atoms with E-state index >= 15 is 0 Å². The fourth-order valence-corrected chi connectivity index (χ4v) is 2.62. The van der Waals surface area contributed by atoms with Crippen molar-refractivity contribution in [3.05, 3.63) is 35.1 Å². The lowest BCUT2D eigenvalue weighted by Gasteiger charge is -2.27. The van der Waals surface area contributed by atoms with Gasteiger partial charge < -0.3 is 10.0 Å². The standard InChI is InChI=1S/C14H14F3NO3/c15-8-5-10(16)13(11(17)6-8)14(21)18(7-12(19)20)9-3-1-2-4-9/h5-6,9H,1-4,7H2,(H,19,20). The Morgan fingerprint density at radius 3 is 2.14 bits per heavy atom. The van der Waals surface area contributed by atoms with Gasteiger partial charge in [0.25, 0.3) is 5.91 Å². The normalized spacial score (nSPS) is 15.2. The summed E-state index contributed by atoms with van der Waals surface area (Å²) in [5, 5.41) is 8.88. The Hall–Kier alpha value is -2.05. The molecule has 1 aliphatic rings. The number of carbonyl (C=O) groups is 2. The Balaban J connectivity index is 2.35. The van der Waals surface area contributed by atoms with Crippen molar-refractivity contribution in [1.82, 2.24) is 4.90 Å². The maximum atomic E-state index is 13.7. The summed E-state index contributed by atoms with van der Waals surface area (Å²) in [7, 11) is 0. The highest BCUT2D eigenvalue weighted by molar-refractivity contribution is 5.96. The van der Waals surface area contributed by atoms with Crippen LogP contribution in [0.25, 0.3) is 0 Å². The van der Waals surface area contributed by atoms with E-state index in [9.17, 15) is 22.8 Å². The summed E-state index contributed by atoms with van der Waals surface area (Å²) in [6, 6.07) is 0.450. The zero-order chi connectivity index (χ0) is 15.6. The Labute approximate surface area is 119 Å². The molecule has 0 atom stereocenters. The number of hydrogen-bond acceptors (Lipinski definition) is 2. The van der Waals surface area contributed by atoms with Gasteiger partial charge in [0.1, 0.15) is 29.6 Å². The summed E-state index contributed by atoms with van der Waals surface area (Å²) in [6.07, 6.45) is 2.82. The Bertz CT molecular complexity index is 548. The fourth-order valence-electron chi connectivity index (χ4n) is 2.62. The van der Waals surface area contributed by atoms with Crippen molar-refractivity contribution in [3.63, 3.8) is 0 Å². The molecule has 4 nitrogen and oxygen atoms in total. The van der Waals surface area contributed by atoms with Gasteiger partial charge in [0.2, 0.25) is 0 Å². The summed E-state index contributed by atoms with van der Waals surface area (Å²) in [5.41, 5.74) is -0.912. The molecule has 1 aliphatic carbocycles. The average molecular weight is 301 g/mol. The molecule has 0 saturated heterocycles. The SMILES string of the molecule is O=C(O)CN(C(=O)c1c(F)cc(F)cc1F)C1CCCC1. The monoisotopic (exact) mass is 301 g/mol. The quantitative estimate of drug-likeness (QED) is 0.930. The summed E-state index contributed by atoms with van der Waals surface area (Å²) in [5.74, 6) is -6.11. The number of carboxylic acids is 1. The highest BCUT2D eigenvalue weighted by Crippen LogP contribution is 2.26. The predicted molar refractivity (Wildman–Crippen MR) is 67.2 cm³/mol. The van der Waals surface area contributed by atoms with Crippen LogP contribution < -0.4 is 0 Å². The Kier molecular flexibility index (Phi) is 4.50. The third kappa shape index (κ3) is 3.34. The molecule has 1 aromatic rings. The highest BCUT2D eigenvalue weighted by atomic mass is 19.1. The van der Waals surface area contributed by atoms with Crippen LogP contribution in [0.3, 0.4) is 0 Å². The van der Waals surface area contributed by atoms with Crippen molar-refractivity contribution >= 4 is 11.9 Å². The van der Waals surface area contributed by atoms with E-state index in [2.05, 4.69) is 0 Å². The van der Waals surface area contributed by atoms with Crippen LogP contribution >= 0.6 is 0 Å². The van der Waals surface area contributed by atoms with Crippen LogP contribution in [-0.2, 0) is 4.79 Å². The van der Waals surface area contributed by atoms with Gasteiger partial charge in [-0.25, -0.2) is 13.2 Å². The second-order valence-corrected chi connectivity index (χ2v) is 5.01. The van der Waals surface area contributed by atoms with Crippen LogP contribution in [-0.4, -0.2) is 34.5 Å².